The van der Waals surface area contributed by atoms with Gasteiger partial charge in [-0.2, -0.15) is 5.10 Å². The van der Waals surface area contributed by atoms with E-state index in [0.29, 0.717) is 33.6 Å². The van der Waals surface area contributed by atoms with Gasteiger partial charge in [0.1, 0.15) is 11.5 Å². The molecule has 0 amide bonds. The van der Waals surface area contributed by atoms with Crippen molar-refractivity contribution in [1.82, 2.24) is 30.1 Å². The van der Waals surface area contributed by atoms with Gasteiger partial charge in [0.25, 0.3) is 0 Å². The van der Waals surface area contributed by atoms with Gasteiger partial charge in [0.05, 0.1) is 28.9 Å². The Morgan fingerprint density at radius 3 is 2.77 bits per heavy atom. The lowest BCUT2D eigenvalue weighted by atomic mass is 10.00. The van der Waals surface area contributed by atoms with Crippen LogP contribution in [0.25, 0.3) is 55.8 Å². The number of H-pyrrole nitrogens is 2. The smallest absolute Gasteiger partial charge is 0.178 e. The molecule has 5 aromatic heterocycles. The highest BCUT2D eigenvalue weighted by Crippen LogP contribution is 2.35. The fourth-order valence-electron chi connectivity index (χ4n) is 3.88. The van der Waals surface area contributed by atoms with E-state index >= 15 is 4.39 Å². The Bertz CT molecular complexity index is 1560. The summed E-state index contributed by atoms with van der Waals surface area (Å²) in [5, 5.41) is 7.62. The van der Waals surface area contributed by atoms with Crippen LogP contribution in [-0.2, 0) is 0 Å². The molecule has 0 aliphatic carbocycles. The third-order valence-corrected chi connectivity index (χ3v) is 5.44. The number of halogens is 1. The zero-order chi connectivity index (χ0) is 20.9. The number of aromatic amines is 2. The summed E-state index contributed by atoms with van der Waals surface area (Å²) in [6.07, 6.45) is 8.31. The molecule has 0 aliphatic heterocycles. The molecule has 31 heavy (non-hydrogen) atoms. The highest BCUT2D eigenvalue weighted by atomic mass is 19.1. The Morgan fingerprint density at radius 1 is 1.00 bits per heavy atom. The Labute approximate surface area is 175 Å². The molecule has 0 spiro atoms. The number of rotatable bonds is 3. The second kappa shape index (κ2) is 6.60. The lowest BCUT2D eigenvalue weighted by Gasteiger charge is -2.07. The minimum Gasteiger partial charge on any atom is -0.472 e. The van der Waals surface area contributed by atoms with Crippen molar-refractivity contribution in [3.05, 3.63) is 72.8 Å². The standard InChI is InChI=1S/C23H15FN6O/c1-12-4-7-25-10-16(12)15-2-3-17-18(19(15)24)21(30-29-17)23-27-20-14(13-6-9-31-11-13)5-8-26-22(20)28-23/h2-11H,1H3,(H,29,30)(H,26,27,28). The summed E-state index contributed by atoms with van der Waals surface area (Å²) in [4.78, 5) is 16.3. The Morgan fingerprint density at radius 2 is 1.94 bits per heavy atom. The zero-order valence-electron chi connectivity index (χ0n) is 16.3. The van der Waals surface area contributed by atoms with Crippen molar-refractivity contribution in [3.8, 4) is 33.8 Å². The fraction of sp³-hybridized carbons (Fsp3) is 0.0435. The number of hydrogen-bond acceptors (Lipinski definition) is 5. The van der Waals surface area contributed by atoms with E-state index in [-0.39, 0.29) is 5.82 Å². The molecule has 0 saturated carbocycles. The lowest BCUT2D eigenvalue weighted by molar-refractivity contribution is 0.568. The molecule has 2 N–H and O–H groups in total. The number of aryl methyl sites for hydroxylation is 1. The molecule has 6 aromatic rings. The van der Waals surface area contributed by atoms with Crippen LogP contribution in [0.15, 0.2) is 65.9 Å². The van der Waals surface area contributed by atoms with E-state index in [4.69, 9.17) is 4.42 Å². The van der Waals surface area contributed by atoms with Gasteiger partial charge in [0.2, 0.25) is 0 Å². The van der Waals surface area contributed by atoms with E-state index in [9.17, 15) is 0 Å². The van der Waals surface area contributed by atoms with Crippen LogP contribution >= 0.6 is 0 Å². The minimum atomic E-state index is -0.374. The molecule has 8 heteroatoms. The van der Waals surface area contributed by atoms with Gasteiger partial charge in [-0.1, -0.05) is 0 Å². The molecular weight excluding hydrogens is 395 g/mol. The van der Waals surface area contributed by atoms with Crippen LogP contribution in [0.2, 0.25) is 0 Å². The van der Waals surface area contributed by atoms with Crippen LogP contribution in [0.3, 0.4) is 0 Å². The molecular formula is C23H15FN6O. The molecule has 0 saturated heterocycles. The van der Waals surface area contributed by atoms with Crippen LogP contribution in [0.5, 0.6) is 0 Å². The molecule has 0 aliphatic rings. The van der Waals surface area contributed by atoms with E-state index in [2.05, 4.69) is 30.1 Å². The summed E-state index contributed by atoms with van der Waals surface area (Å²) in [5.74, 6) is 0.0597. The lowest BCUT2D eigenvalue weighted by Crippen LogP contribution is -1.91. The first-order valence-electron chi connectivity index (χ1n) is 9.66. The SMILES string of the molecule is Cc1ccncc1-c1ccc2[nH]nc(-c3nc4nccc(-c5ccoc5)c4[nH]3)c2c1F. The van der Waals surface area contributed by atoms with Crippen LogP contribution in [-0.4, -0.2) is 30.1 Å². The predicted molar refractivity (Wildman–Crippen MR) is 115 cm³/mol. The van der Waals surface area contributed by atoms with Crippen molar-refractivity contribution in [1.29, 1.82) is 0 Å². The number of aromatic nitrogens is 6. The third-order valence-electron chi connectivity index (χ3n) is 5.44. The molecule has 6 rings (SSSR count). The van der Waals surface area contributed by atoms with Gasteiger partial charge < -0.3 is 9.40 Å². The first-order chi connectivity index (χ1) is 15.2. The molecule has 0 unspecified atom stereocenters. The summed E-state index contributed by atoms with van der Waals surface area (Å²) in [5.41, 5.74) is 6.17. The summed E-state index contributed by atoms with van der Waals surface area (Å²) >= 11 is 0. The summed E-state index contributed by atoms with van der Waals surface area (Å²) in [6.45, 7) is 1.93. The maximum absolute atomic E-state index is 15.7. The van der Waals surface area contributed by atoms with Gasteiger partial charge in [-0.3, -0.25) is 10.1 Å². The van der Waals surface area contributed by atoms with Crippen LogP contribution in [0, 0.1) is 12.7 Å². The first-order valence-corrected chi connectivity index (χ1v) is 9.66. The largest absolute Gasteiger partial charge is 0.472 e. The Hall–Kier alpha value is -4.33. The topological polar surface area (TPSA) is 96.3 Å². The maximum Gasteiger partial charge on any atom is 0.178 e. The molecule has 0 radical (unpaired) electrons. The van der Waals surface area contributed by atoms with Gasteiger partial charge in [0, 0.05) is 40.8 Å². The molecule has 0 atom stereocenters. The number of nitrogens with one attached hydrogen (secondary N) is 2. The number of imidazole rings is 1. The van der Waals surface area contributed by atoms with E-state index in [0.717, 1.165) is 27.8 Å². The number of fused-ring (bicyclic) bond motifs is 2. The van der Waals surface area contributed by atoms with Crippen molar-refractivity contribution >= 4 is 22.1 Å². The number of pyridine rings is 2. The van der Waals surface area contributed by atoms with Gasteiger partial charge in [-0.25, -0.2) is 14.4 Å². The molecule has 150 valence electrons. The molecule has 5 heterocycles. The second-order valence-electron chi connectivity index (χ2n) is 7.27. The molecule has 0 fully saturated rings. The zero-order valence-corrected chi connectivity index (χ0v) is 16.3. The van der Waals surface area contributed by atoms with E-state index in [1.54, 1.807) is 37.2 Å². The highest BCUT2D eigenvalue weighted by Gasteiger charge is 2.21. The molecule has 0 bridgehead atoms. The van der Waals surface area contributed by atoms with Gasteiger partial charge in [-0.05, 0) is 42.8 Å². The Kier molecular flexibility index (Phi) is 3.73. The summed E-state index contributed by atoms with van der Waals surface area (Å²) < 4.78 is 20.9. The maximum atomic E-state index is 15.7. The molecule has 7 nitrogen and oxygen atoms in total. The van der Waals surface area contributed by atoms with Crippen molar-refractivity contribution < 1.29 is 8.81 Å². The highest BCUT2D eigenvalue weighted by molar-refractivity contribution is 5.98. The van der Waals surface area contributed by atoms with Crippen LogP contribution in [0.4, 0.5) is 4.39 Å². The van der Waals surface area contributed by atoms with Crippen molar-refractivity contribution in [3.63, 3.8) is 0 Å². The van der Waals surface area contributed by atoms with Gasteiger partial charge in [0.15, 0.2) is 11.5 Å². The first kappa shape index (κ1) is 17.5. The normalized spacial score (nSPS) is 11.5. The van der Waals surface area contributed by atoms with E-state index in [1.807, 2.05) is 31.2 Å². The number of hydrogen-bond donors (Lipinski definition) is 2. The van der Waals surface area contributed by atoms with Crippen molar-refractivity contribution in [2.75, 3.05) is 0 Å². The summed E-state index contributed by atoms with van der Waals surface area (Å²) in [6, 6.07) is 9.15. The van der Waals surface area contributed by atoms with Crippen LogP contribution < -0.4 is 0 Å². The number of nitrogens with zero attached hydrogens (tertiary/aromatic N) is 4. The van der Waals surface area contributed by atoms with Crippen molar-refractivity contribution in [2.45, 2.75) is 6.92 Å². The van der Waals surface area contributed by atoms with E-state index < -0.39 is 0 Å². The van der Waals surface area contributed by atoms with Gasteiger partial charge >= 0.3 is 0 Å². The number of benzene rings is 1. The fourth-order valence-corrected chi connectivity index (χ4v) is 3.88. The third kappa shape index (κ3) is 2.65. The quantitative estimate of drug-likeness (QED) is 0.414. The predicted octanol–water partition coefficient (Wildman–Crippen LogP) is 5.27. The number of furan rings is 1. The monoisotopic (exact) mass is 410 g/mol. The second-order valence-corrected chi connectivity index (χ2v) is 7.27. The summed E-state index contributed by atoms with van der Waals surface area (Å²) in [7, 11) is 0. The minimum absolute atomic E-state index is 0.365. The molecule has 1 aromatic carbocycles. The van der Waals surface area contributed by atoms with Crippen LogP contribution in [0.1, 0.15) is 5.56 Å². The van der Waals surface area contributed by atoms with Crippen molar-refractivity contribution in [2.24, 2.45) is 0 Å². The average molecular weight is 410 g/mol. The van der Waals surface area contributed by atoms with Gasteiger partial charge in [-0.15, -0.1) is 0 Å². The average Bonchev–Trinajstić information content (AvgIpc) is 3.53. The van der Waals surface area contributed by atoms with E-state index in [1.165, 1.54) is 0 Å². The Balaban J connectivity index is 1.57.